The van der Waals surface area contributed by atoms with Gasteiger partial charge in [0.05, 0.1) is 37.1 Å². The van der Waals surface area contributed by atoms with E-state index in [-0.39, 0.29) is 23.6 Å². The maximum Gasteiger partial charge on any atom is 0.264 e. The fraction of sp³-hybridized carbons (Fsp3) is 0.432. The first-order chi connectivity index (χ1) is 22.2. The maximum absolute atomic E-state index is 14.3. The predicted octanol–water partition coefficient (Wildman–Crippen LogP) is 5.87. The van der Waals surface area contributed by atoms with E-state index in [0.717, 1.165) is 37.4 Å². The number of nitrogens with zero attached hydrogens (tertiary/aromatic N) is 3. The molecule has 2 aliphatic rings. The summed E-state index contributed by atoms with van der Waals surface area (Å²) in [5.74, 6) is 0.760. The molecule has 3 aromatic rings. The zero-order valence-electron chi connectivity index (χ0n) is 27.6. The standard InChI is InChI=1S/C37H46N4O5/c1-25(2)23-34(42)38-18-10-15-30(28-16-17-32(45-4)33(24-28)46-5)41-36(43)29-13-9-14-31(35(29)37(41)44)40-21-19-39(20-22-40)26(3)27-11-7-6-8-12-27/h6-9,11-14,16-17,24-26,30H,10,15,18-23H2,1-5H3,(H,38,42)/t26-,30?/m1/s1. The number of hydrogen-bond acceptors (Lipinski definition) is 7. The van der Waals surface area contributed by atoms with E-state index in [0.29, 0.717) is 54.5 Å². The van der Waals surface area contributed by atoms with Crippen molar-refractivity contribution in [3.8, 4) is 11.5 Å². The average Bonchev–Trinajstić information content (AvgIpc) is 3.33. The molecule has 2 atom stereocenters. The lowest BCUT2D eigenvalue weighted by Crippen LogP contribution is -2.47. The van der Waals surface area contributed by atoms with Crippen LogP contribution in [-0.2, 0) is 4.79 Å². The second-order valence-electron chi connectivity index (χ2n) is 12.5. The summed E-state index contributed by atoms with van der Waals surface area (Å²) in [6.45, 7) is 9.91. The van der Waals surface area contributed by atoms with E-state index in [1.165, 1.54) is 10.5 Å². The van der Waals surface area contributed by atoms with E-state index < -0.39 is 6.04 Å². The molecule has 1 unspecified atom stereocenters. The largest absolute Gasteiger partial charge is 0.493 e. The Morgan fingerprint density at radius 2 is 1.54 bits per heavy atom. The molecule has 3 amide bonds. The lowest BCUT2D eigenvalue weighted by molar-refractivity contribution is -0.121. The summed E-state index contributed by atoms with van der Waals surface area (Å²) >= 11 is 0. The molecule has 2 aliphatic heterocycles. The molecule has 1 saturated heterocycles. The zero-order valence-corrected chi connectivity index (χ0v) is 27.6. The van der Waals surface area contributed by atoms with Gasteiger partial charge in [-0.2, -0.15) is 0 Å². The number of imide groups is 1. The summed E-state index contributed by atoms with van der Waals surface area (Å²) in [4.78, 5) is 46.7. The van der Waals surface area contributed by atoms with E-state index in [4.69, 9.17) is 9.47 Å². The summed E-state index contributed by atoms with van der Waals surface area (Å²) in [5, 5.41) is 2.98. The minimum atomic E-state index is -0.550. The molecular formula is C37H46N4O5. The Balaban J connectivity index is 1.37. The van der Waals surface area contributed by atoms with Crippen LogP contribution in [-0.4, -0.2) is 74.5 Å². The highest BCUT2D eigenvalue weighted by Gasteiger charge is 2.43. The first-order valence-electron chi connectivity index (χ1n) is 16.3. The Morgan fingerprint density at radius 3 is 2.22 bits per heavy atom. The van der Waals surface area contributed by atoms with Crippen LogP contribution in [0.15, 0.2) is 66.7 Å². The molecule has 1 fully saturated rings. The number of methoxy groups -OCH3 is 2. The van der Waals surface area contributed by atoms with Crippen molar-refractivity contribution in [2.75, 3.05) is 51.8 Å². The van der Waals surface area contributed by atoms with Gasteiger partial charge in [0, 0.05) is 45.2 Å². The molecule has 0 spiro atoms. The number of piperazine rings is 1. The van der Waals surface area contributed by atoms with Crippen LogP contribution in [0.2, 0.25) is 0 Å². The molecule has 5 rings (SSSR count). The van der Waals surface area contributed by atoms with Gasteiger partial charge in [-0.05, 0) is 61.1 Å². The van der Waals surface area contributed by atoms with Gasteiger partial charge in [-0.3, -0.25) is 24.2 Å². The van der Waals surface area contributed by atoms with Crippen molar-refractivity contribution in [2.45, 2.75) is 52.1 Å². The highest BCUT2D eigenvalue weighted by atomic mass is 16.5. The SMILES string of the molecule is COc1ccc(C(CCCNC(=O)CC(C)C)N2C(=O)c3cccc(N4CCN([C@H](C)c5ccccc5)CC4)c3C2=O)cc1OC. The fourth-order valence-corrected chi connectivity index (χ4v) is 6.60. The zero-order chi connectivity index (χ0) is 32.8. The van der Waals surface area contributed by atoms with Gasteiger partial charge in [0.25, 0.3) is 11.8 Å². The summed E-state index contributed by atoms with van der Waals surface area (Å²) in [6, 6.07) is 21.3. The van der Waals surface area contributed by atoms with E-state index >= 15 is 0 Å². The van der Waals surface area contributed by atoms with Crippen molar-refractivity contribution >= 4 is 23.4 Å². The van der Waals surface area contributed by atoms with Crippen LogP contribution in [0.5, 0.6) is 11.5 Å². The molecule has 3 aromatic carbocycles. The lowest BCUT2D eigenvalue weighted by Gasteiger charge is -2.39. The van der Waals surface area contributed by atoms with E-state index in [9.17, 15) is 14.4 Å². The van der Waals surface area contributed by atoms with Gasteiger partial charge in [-0.1, -0.05) is 56.3 Å². The Bertz CT molecular complexity index is 1530. The van der Waals surface area contributed by atoms with Gasteiger partial charge in [0.15, 0.2) is 11.5 Å². The van der Waals surface area contributed by atoms with Crippen LogP contribution < -0.4 is 19.7 Å². The molecule has 0 bridgehead atoms. The fourth-order valence-electron chi connectivity index (χ4n) is 6.60. The number of carbonyl (C=O) groups excluding carboxylic acids is 3. The topological polar surface area (TPSA) is 91.4 Å². The molecule has 0 radical (unpaired) electrons. The highest BCUT2D eigenvalue weighted by molar-refractivity contribution is 6.24. The number of fused-ring (bicyclic) bond motifs is 1. The molecular weight excluding hydrogens is 580 g/mol. The highest BCUT2D eigenvalue weighted by Crippen LogP contribution is 2.40. The summed E-state index contributed by atoms with van der Waals surface area (Å²) in [7, 11) is 3.14. The Labute approximate surface area is 272 Å². The van der Waals surface area contributed by atoms with Crippen molar-refractivity contribution in [2.24, 2.45) is 5.92 Å². The van der Waals surface area contributed by atoms with E-state index in [1.54, 1.807) is 26.4 Å². The Hall–Kier alpha value is -4.37. The third kappa shape index (κ3) is 7.04. The van der Waals surface area contributed by atoms with Gasteiger partial charge < -0.3 is 19.7 Å². The normalized spacial score (nSPS) is 16.4. The van der Waals surface area contributed by atoms with Crippen molar-refractivity contribution < 1.29 is 23.9 Å². The lowest BCUT2D eigenvalue weighted by atomic mass is 9.99. The average molecular weight is 627 g/mol. The van der Waals surface area contributed by atoms with E-state index in [2.05, 4.69) is 46.3 Å². The van der Waals surface area contributed by atoms with Crippen LogP contribution in [0.3, 0.4) is 0 Å². The number of benzene rings is 3. The van der Waals surface area contributed by atoms with Crippen LogP contribution in [0.4, 0.5) is 5.69 Å². The monoisotopic (exact) mass is 626 g/mol. The van der Waals surface area contributed by atoms with Gasteiger partial charge in [-0.25, -0.2) is 0 Å². The van der Waals surface area contributed by atoms with Gasteiger partial charge >= 0.3 is 0 Å². The molecule has 244 valence electrons. The smallest absolute Gasteiger partial charge is 0.264 e. The van der Waals surface area contributed by atoms with Gasteiger partial charge in [0.1, 0.15) is 0 Å². The molecule has 9 heteroatoms. The maximum atomic E-state index is 14.3. The first-order valence-corrected chi connectivity index (χ1v) is 16.3. The van der Waals surface area contributed by atoms with Crippen LogP contribution >= 0.6 is 0 Å². The second-order valence-corrected chi connectivity index (χ2v) is 12.5. The molecule has 0 aliphatic carbocycles. The van der Waals surface area contributed by atoms with Crippen molar-refractivity contribution in [1.82, 2.24) is 15.1 Å². The quantitative estimate of drug-likeness (QED) is 0.188. The van der Waals surface area contributed by atoms with E-state index in [1.807, 2.05) is 44.2 Å². The third-order valence-corrected chi connectivity index (χ3v) is 9.08. The predicted molar refractivity (Wildman–Crippen MR) is 180 cm³/mol. The third-order valence-electron chi connectivity index (χ3n) is 9.08. The molecule has 9 nitrogen and oxygen atoms in total. The van der Waals surface area contributed by atoms with Gasteiger partial charge in [0.2, 0.25) is 5.91 Å². The Kier molecular flexibility index (Phi) is 10.6. The second kappa shape index (κ2) is 14.8. The summed E-state index contributed by atoms with van der Waals surface area (Å²) in [5.41, 5.74) is 3.75. The molecule has 0 saturated carbocycles. The number of hydrogen-bond donors (Lipinski definition) is 1. The molecule has 46 heavy (non-hydrogen) atoms. The Morgan fingerprint density at radius 1 is 0.826 bits per heavy atom. The first kappa shape index (κ1) is 33.0. The van der Waals surface area contributed by atoms with Crippen molar-refractivity contribution in [3.63, 3.8) is 0 Å². The minimum Gasteiger partial charge on any atom is -0.493 e. The van der Waals surface area contributed by atoms with Crippen LogP contribution in [0.1, 0.15) is 84.0 Å². The summed E-state index contributed by atoms with van der Waals surface area (Å²) < 4.78 is 11.0. The number of amides is 3. The number of rotatable bonds is 13. The number of anilines is 1. The molecule has 0 aromatic heterocycles. The number of carbonyl (C=O) groups is 3. The molecule has 2 heterocycles. The number of nitrogens with one attached hydrogen (secondary N) is 1. The molecule has 1 N–H and O–H groups in total. The van der Waals surface area contributed by atoms with Crippen molar-refractivity contribution in [3.05, 3.63) is 89.0 Å². The van der Waals surface area contributed by atoms with Crippen molar-refractivity contribution in [1.29, 1.82) is 0 Å². The number of ether oxygens (including phenoxy) is 2. The van der Waals surface area contributed by atoms with Crippen LogP contribution in [0, 0.1) is 5.92 Å². The minimum absolute atomic E-state index is 0.00120. The van der Waals surface area contributed by atoms with Crippen LogP contribution in [0.25, 0.3) is 0 Å². The summed E-state index contributed by atoms with van der Waals surface area (Å²) in [6.07, 6.45) is 1.53. The van der Waals surface area contributed by atoms with Gasteiger partial charge in [-0.15, -0.1) is 0 Å².